The Kier molecular flexibility index (Phi) is 4.29. The van der Waals surface area contributed by atoms with Gasteiger partial charge in [0.2, 0.25) is 0 Å². The Morgan fingerprint density at radius 2 is 2.05 bits per heavy atom. The van der Waals surface area contributed by atoms with Crippen molar-refractivity contribution < 1.29 is 14.6 Å². The van der Waals surface area contributed by atoms with Crippen molar-refractivity contribution in [2.45, 2.75) is 6.10 Å². The van der Waals surface area contributed by atoms with E-state index in [4.69, 9.17) is 21.1 Å². The monoisotopic (exact) mass is 297 g/mol. The largest absolute Gasteiger partial charge is 0.396 e. The summed E-state index contributed by atoms with van der Waals surface area (Å²) in [4.78, 5) is 2.36. The van der Waals surface area contributed by atoms with Crippen LogP contribution in [-0.4, -0.2) is 56.1 Å². The molecule has 0 spiro atoms. The Bertz CT molecular complexity index is 441. The smallest absolute Gasteiger partial charge is 0.0952 e. The molecule has 2 aliphatic heterocycles. The highest BCUT2D eigenvalue weighted by atomic mass is 35.5. The fourth-order valence-corrected chi connectivity index (χ4v) is 2.95. The first-order chi connectivity index (χ1) is 9.71. The average molecular weight is 298 g/mol. The molecule has 0 aliphatic carbocycles. The van der Waals surface area contributed by atoms with E-state index in [-0.39, 0.29) is 18.1 Å². The van der Waals surface area contributed by atoms with Gasteiger partial charge in [0.05, 0.1) is 37.9 Å². The summed E-state index contributed by atoms with van der Waals surface area (Å²) >= 11 is 5.92. The van der Waals surface area contributed by atoms with Gasteiger partial charge >= 0.3 is 0 Å². The van der Waals surface area contributed by atoms with Gasteiger partial charge in [-0.2, -0.15) is 0 Å². The van der Waals surface area contributed by atoms with Crippen LogP contribution in [-0.2, 0) is 9.47 Å². The molecule has 1 atom stereocenters. The van der Waals surface area contributed by atoms with Crippen molar-refractivity contribution in [1.29, 1.82) is 0 Å². The van der Waals surface area contributed by atoms with Crippen molar-refractivity contribution in [3.8, 4) is 0 Å². The highest BCUT2D eigenvalue weighted by molar-refractivity contribution is 6.30. The number of ether oxygens (including phenoxy) is 2. The number of aliphatic hydroxyl groups is 1. The number of hydrogen-bond donors (Lipinski definition) is 1. The van der Waals surface area contributed by atoms with Gasteiger partial charge < -0.3 is 14.6 Å². The van der Waals surface area contributed by atoms with Crippen LogP contribution < -0.4 is 0 Å². The van der Waals surface area contributed by atoms with E-state index in [9.17, 15) is 5.11 Å². The zero-order valence-corrected chi connectivity index (χ0v) is 12.2. The summed E-state index contributed by atoms with van der Waals surface area (Å²) in [6, 6.07) is 7.83. The van der Waals surface area contributed by atoms with E-state index in [0.29, 0.717) is 13.2 Å². The number of nitrogens with zero attached hydrogens (tertiary/aromatic N) is 1. The van der Waals surface area contributed by atoms with Gasteiger partial charge in [0.1, 0.15) is 0 Å². The minimum absolute atomic E-state index is 0.0676. The van der Waals surface area contributed by atoms with Gasteiger partial charge in [0, 0.05) is 24.7 Å². The zero-order chi connectivity index (χ0) is 14.0. The zero-order valence-electron chi connectivity index (χ0n) is 11.4. The standard InChI is InChI=1S/C15H20ClNO3/c16-13-3-1-12(2-4-13)14-7-17(5-6-20-14)8-15(9-18)10-19-11-15/h1-4,14,18H,5-11H2. The lowest BCUT2D eigenvalue weighted by Gasteiger charge is -2.45. The van der Waals surface area contributed by atoms with Crippen molar-refractivity contribution in [2.24, 2.45) is 5.41 Å². The molecule has 2 saturated heterocycles. The normalized spacial score (nSPS) is 26.2. The van der Waals surface area contributed by atoms with Crippen LogP contribution in [0.4, 0.5) is 0 Å². The number of halogens is 1. The van der Waals surface area contributed by atoms with Gasteiger partial charge in [0.15, 0.2) is 0 Å². The number of rotatable bonds is 4. The fraction of sp³-hybridized carbons (Fsp3) is 0.600. The Labute approximate surface area is 124 Å². The second kappa shape index (κ2) is 6.00. The van der Waals surface area contributed by atoms with Gasteiger partial charge in [-0.25, -0.2) is 0 Å². The van der Waals surface area contributed by atoms with Crippen molar-refractivity contribution >= 4 is 11.6 Å². The molecule has 1 unspecified atom stereocenters. The highest BCUT2D eigenvalue weighted by Gasteiger charge is 2.40. The lowest BCUT2D eigenvalue weighted by molar-refractivity contribution is -0.158. The van der Waals surface area contributed by atoms with E-state index >= 15 is 0 Å². The van der Waals surface area contributed by atoms with Crippen LogP contribution in [0.25, 0.3) is 0 Å². The molecule has 0 saturated carbocycles. The van der Waals surface area contributed by atoms with Gasteiger partial charge in [-0.3, -0.25) is 4.90 Å². The maximum Gasteiger partial charge on any atom is 0.0952 e. The predicted molar refractivity (Wildman–Crippen MR) is 76.9 cm³/mol. The molecule has 0 radical (unpaired) electrons. The summed E-state index contributed by atoms with van der Waals surface area (Å²) in [5, 5.41) is 10.3. The molecule has 0 aromatic heterocycles. The molecular weight excluding hydrogens is 278 g/mol. The molecule has 20 heavy (non-hydrogen) atoms. The molecule has 2 aliphatic rings. The van der Waals surface area contributed by atoms with Crippen LogP contribution >= 0.6 is 11.6 Å². The van der Waals surface area contributed by atoms with Crippen LogP contribution in [0.5, 0.6) is 0 Å². The van der Waals surface area contributed by atoms with Crippen LogP contribution in [0.15, 0.2) is 24.3 Å². The van der Waals surface area contributed by atoms with Crippen LogP contribution in [0.2, 0.25) is 5.02 Å². The van der Waals surface area contributed by atoms with Crippen molar-refractivity contribution in [3.05, 3.63) is 34.9 Å². The fourth-order valence-electron chi connectivity index (χ4n) is 2.82. The molecule has 110 valence electrons. The molecule has 1 N–H and O–H groups in total. The quantitative estimate of drug-likeness (QED) is 0.919. The predicted octanol–water partition coefficient (Wildman–Crippen LogP) is 1.72. The van der Waals surface area contributed by atoms with E-state index in [2.05, 4.69) is 4.90 Å². The first kappa shape index (κ1) is 14.3. The molecule has 2 heterocycles. The van der Waals surface area contributed by atoms with E-state index in [0.717, 1.165) is 36.8 Å². The van der Waals surface area contributed by atoms with E-state index in [1.165, 1.54) is 0 Å². The molecule has 0 bridgehead atoms. The summed E-state index contributed by atoms with van der Waals surface area (Å²) in [7, 11) is 0. The second-order valence-electron chi connectivity index (χ2n) is 5.80. The van der Waals surface area contributed by atoms with E-state index in [1.54, 1.807) is 0 Å². The summed E-state index contributed by atoms with van der Waals surface area (Å²) in [6.07, 6.45) is 0.0813. The van der Waals surface area contributed by atoms with Crippen LogP contribution in [0.1, 0.15) is 11.7 Å². The third-order valence-corrected chi connectivity index (χ3v) is 4.36. The topological polar surface area (TPSA) is 41.9 Å². The van der Waals surface area contributed by atoms with Crippen LogP contribution in [0.3, 0.4) is 0 Å². The maximum absolute atomic E-state index is 9.53. The molecule has 2 fully saturated rings. The Morgan fingerprint density at radius 1 is 1.30 bits per heavy atom. The van der Waals surface area contributed by atoms with Crippen LogP contribution in [0, 0.1) is 5.41 Å². The van der Waals surface area contributed by atoms with Gasteiger partial charge in [-0.15, -0.1) is 0 Å². The average Bonchev–Trinajstić information content (AvgIpc) is 2.44. The summed E-state index contributed by atoms with van der Waals surface area (Å²) in [5.74, 6) is 0. The Hall–Kier alpha value is -0.650. The molecule has 5 heteroatoms. The van der Waals surface area contributed by atoms with Crippen molar-refractivity contribution in [1.82, 2.24) is 4.90 Å². The first-order valence-corrected chi connectivity index (χ1v) is 7.37. The van der Waals surface area contributed by atoms with E-state index < -0.39 is 0 Å². The molecular formula is C15H20ClNO3. The molecule has 3 rings (SSSR count). The SMILES string of the molecule is OCC1(CN2CCOC(c3ccc(Cl)cc3)C2)COC1. The van der Waals surface area contributed by atoms with Gasteiger partial charge in [-0.05, 0) is 17.7 Å². The third-order valence-electron chi connectivity index (χ3n) is 4.10. The lowest BCUT2D eigenvalue weighted by Crippen LogP contribution is -2.55. The Morgan fingerprint density at radius 3 is 2.65 bits per heavy atom. The molecule has 0 amide bonds. The van der Waals surface area contributed by atoms with Gasteiger partial charge in [-0.1, -0.05) is 23.7 Å². The number of aliphatic hydroxyl groups excluding tert-OH is 1. The number of morpholine rings is 1. The minimum Gasteiger partial charge on any atom is -0.396 e. The number of hydrogen-bond acceptors (Lipinski definition) is 4. The highest BCUT2D eigenvalue weighted by Crippen LogP contribution is 2.30. The van der Waals surface area contributed by atoms with E-state index in [1.807, 2.05) is 24.3 Å². The minimum atomic E-state index is -0.0676. The lowest BCUT2D eigenvalue weighted by atomic mass is 9.86. The molecule has 4 nitrogen and oxygen atoms in total. The summed E-state index contributed by atoms with van der Waals surface area (Å²) in [5.41, 5.74) is 1.09. The maximum atomic E-state index is 9.53. The number of benzene rings is 1. The second-order valence-corrected chi connectivity index (χ2v) is 6.23. The molecule has 1 aromatic carbocycles. The van der Waals surface area contributed by atoms with Crippen molar-refractivity contribution in [3.63, 3.8) is 0 Å². The summed E-state index contributed by atoms with van der Waals surface area (Å²) < 4.78 is 11.1. The first-order valence-electron chi connectivity index (χ1n) is 6.99. The molecule has 1 aromatic rings. The third kappa shape index (κ3) is 3.00. The summed E-state index contributed by atoms with van der Waals surface area (Å²) in [6.45, 7) is 4.86. The van der Waals surface area contributed by atoms with Crippen molar-refractivity contribution in [2.75, 3.05) is 46.1 Å². The Balaban J connectivity index is 1.63. The van der Waals surface area contributed by atoms with Gasteiger partial charge in [0.25, 0.3) is 0 Å².